The lowest BCUT2D eigenvalue weighted by Gasteiger charge is -2.15. The lowest BCUT2D eigenvalue weighted by Crippen LogP contribution is -2.05. The second kappa shape index (κ2) is 11.5. The molecule has 0 aromatic heterocycles. The molecule has 0 unspecified atom stereocenters. The number of benzene rings is 1. The molecule has 23 heavy (non-hydrogen) atoms. The molecule has 0 bridgehead atoms. The summed E-state index contributed by atoms with van der Waals surface area (Å²) in [7, 11) is 3.16. The van der Waals surface area contributed by atoms with Crippen molar-refractivity contribution in [2.45, 2.75) is 25.7 Å². The van der Waals surface area contributed by atoms with Crippen LogP contribution in [0.4, 0.5) is 0 Å². The number of carbonyl (C=O) groups excluding carboxylic acids is 1. The second-order valence-electron chi connectivity index (χ2n) is 4.99. The Hall–Kier alpha value is -0.970. The fraction of sp³-hybridized carbons (Fsp3) is 0.588. The minimum absolute atomic E-state index is 0.000524. The van der Waals surface area contributed by atoms with Gasteiger partial charge in [-0.05, 0) is 37.0 Å². The number of Topliss-reactive ketones (excluding diaryl/α,β-unsaturated/α-hetero) is 1. The van der Waals surface area contributed by atoms with Crippen LogP contribution >= 0.6 is 23.2 Å². The van der Waals surface area contributed by atoms with E-state index in [4.69, 9.17) is 37.4 Å². The molecule has 1 rings (SSSR count). The van der Waals surface area contributed by atoms with E-state index in [1.165, 1.54) is 0 Å². The summed E-state index contributed by atoms with van der Waals surface area (Å²) in [5.74, 6) is 2.13. The molecule has 1 aromatic rings. The van der Waals surface area contributed by atoms with Gasteiger partial charge in [0.2, 0.25) is 0 Å². The van der Waals surface area contributed by atoms with E-state index in [0.29, 0.717) is 48.5 Å². The summed E-state index contributed by atoms with van der Waals surface area (Å²) in [5.41, 5.74) is 1.53. The van der Waals surface area contributed by atoms with Crippen LogP contribution in [0, 0.1) is 0 Å². The molecule has 0 amide bonds. The molecule has 0 fully saturated rings. The molecule has 0 aliphatic rings. The van der Waals surface area contributed by atoms with Crippen molar-refractivity contribution in [2.75, 3.05) is 39.2 Å². The van der Waals surface area contributed by atoms with Crippen LogP contribution < -0.4 is 9.47 Å². The Bertz CT molecular complexity index is 492. The van der Waals surface area contributed by atoms with Gasteiger partial charge in [-0.25, -0.2) is 0 Å². The molecule has 0 radical (unpaired) electrons. The van der Waals surface area contributed by atoms with Gasteiger partial charge in [-0.15, -0.1) is 23.2 Å². The number of hydrogen-bond acceptors (Lipinski definition) is 4. The van der Waals surface area contributed by atoms with Gasteiger partial charge in [-0.3, -0.25) is 4.79 Å². The lowest BCUT2D eigenvalue weighted by molar-refractivity contribution is 0.0988. The third-order valence-corrected chi connectivity index (χ3v) is 3.81. The first kappa shape index (κ1) is 20.1. The van der Waals surface area contributed by atoms with Crippen LogP contribution in [0.15, 0.2) is 12.1 Å². The van der Waals surface area contributed by atoms with Crippen LogP contribution in [0.25, 0.3) is 0 Å². The van der Waals surface area contributed by atoms with E-state index in [1.54, 1.807) is 20.3 Å². The largest absolute Gasteiger partial charge is 0.493 e. The molecule has 1 aromatic carbocycles. The Morgan fingerprint density at radius 3 is 2.39 bits per heavy atom. The molecule has 0 spiro atoms. The number of ketones is 1. The fourth-order valence-corrected chi connectivity index (χ4v) is 2.52. The molecule has 0 atom stereocenters. The number of aryl methyl sites for hydroxylation is 1. The maximum Gasteiger partial charge on any atom is 0.164 e. The van der Waals surface area contributed by atoms with Gasteiger partial charge in [0.05, 0.1) is 14.2 Å². The van der Waals surface area contributed by atoms with E-state index < -0.39 is 0 Å². The third kappa shape index (κ3) is 6.58. The molecular formula is C17H24Cl2O4. The first-order chi connectivity index (χ1) is 11.2. The number of halogens is 2. The SMILES string of the molecule is COc1cc(C(=O)CCCl)cc(CCCOCCCCl)c1OC. The predicted molar refractivity (Wildman–Crippen MR) is 93.7 cm³/mol. The van der Waals surface area contributed by atoms with Crippen molar-refractivity contribution in [3.8, 4) is 11.5 Å². The summed E-state index contributed by atoms with van der Waals surface area (Å²) in [6.45, 7) is 1.31. The average Bonchev–Trinajstić information content (AvgIpc) is 2.57. The zero-order valence-corrected chi connectivity index (χ0v) is 15.2. The van der Waals surface area contributed by atoms with E-state index >= 15 is 0 Å². The number of hydrogen-bond donors (Lipinski definition) is 0. The highest BCUT2D eigenvalue weighted by atomic mass is 35.5. The lowest BCUT2D eigenvalue weighted by atomic mass is 10.0. The van der Waals surface area contributed by atoms with Crippen LogP contribution in [-0.2, 0) is 11.2 Å². The van der Waals surface area contributed by atoms with Crippen molar-refractivity contribution in [1.82, 2.24) is 0 Å². The van der Waals surface area contributed by atoms with E-state index in [1.807, 2.05) is 6.07 Å². The van der Waals surface area contributed by atoms with E-state index in [-0.39, 0.29) is 5.78 Å². The van der Waals surface area contributed by atoms with E-state index in [2.05, 4.69) is 0 Å². The third-order valence-electron chi connectivity index (χ3n) is 3.36. The Labute approximate surface area is 148 Å². The Morgan fingerprint density at radius 2 is 1.78 bits per heavy atom. The maximum atomic E-state index is 12.1. The normalized spacial score (nSPS) is 10.6. The molecule has 0 N–H and O–H groups in total. The molecule has 0 aliphatic carbocycles. The van der Waals surface area contributed by atoms with Crippen molar-refractivity contribution < 1.29 is 19.0 Å². The number of rotatable bonds is 12. The van der Waals surface area contributed by atoms with Crippen LogP contribution in [0.3, 0.4) is 0 Å². The minimum atomic E-state index is 0.000524. The van der Waals surface area contributed by atoms with Gasteiger partial charge in [0.1, 0.15) is 0 Å². The summed E-state index contributed by atoms with van der Waals surface area (Å²) in [6.07, 6.45) is 2.72. The summed E-state index contributed by atoms with van der Waals surface area (Å²) < 4.78 is 16.3. The van der Waals surface area contributed by atoms with Gasteiger partial charge in [0, 0.05) is 37.0 Å². The Kier molecular flexibility index (Phi) is 10.1. The standard InChI is InChI=1S/C17H24Cl2O4/c1-21-16-12-14(15(20)6-8-19)11-13(17(16)22-2)5-3-9-23-10-4-7-18/h11-12H,3-10H2,1-2H3. The monoisotopic (exact) mass is 362 g/mol. The molecule has 0 saturated heterocycles. The van der Waals surface area contributed by atoms with Gasteiger partial charge in [-0.1, -0.05) is 0 Å². The highest BCUT2D eigenvalue weighted by Crippen LogP contribution is 2.34. The maximum absolute atomic E-state index is 12.1. The van der Waals surface area contributed by atoms with Crippen LogP contribution in [0.2, 0.25) is 0 Å². The zero-order chi connectivity index (χ0) is 17.1. The van der Waals surface area contributed by atoms with Gasteiger partial charge in [-0.2, -0.15) is 0 Å². The average molecular weight is 363 g/mol. The predicted octanol–water partition coefficient (Wildman–Crippen LogP) is 4.09. The smallest absolute Gasteiger partial charge is 0.164 e. The number of ether oxygens (including phenoxy) is 3. The van der Waals surface area contributed by atoms with E-state index in [9.17, 15) is 4.79 Å². The van der Waals surface area contributed by atoms with Gasteiger partial charge >= 0.3 is 0 Å². The first-order valence-corrected chi connectivity index (χ1v) is 8.72. The first-order valence-electron chi connectivity index (χ1n) is 7.65. The van der Waals surface area contributed by atoms with Crippen molar-refractivity contribution in [3.05, 3.63) is 23.3 Å². The highest BCUT2D eigenvalue weighted by molar-refractivity contribution is 6.19. The topological polar surface area (TPSA) is 44.8 Å². The van der Waals surface area contributed by atoms with Crippen LogP contribution in [-0.4, -0.2) is 45.0 Å². The second-order valence-corrected chi connectivity index (χ2v) is 5.75. The van der Waals surface area contributed by atoms with Gasteiger partial charge in [0.25, 0.3) is 0 Å². The van der Waals surface area contributed by atoms with Crippen LogP contribution in [0.5, 0.6) is 11.5 Å². The molecule has 6 heteroatoms. The molecule has 0 heterocycles. The molecular weight excluding hydrogens is 339 g/mol. The quantitative estimate of drug-likeness (QED) is 0.319. The number of alkyl halides is 2. The fourth-order valence-electron chi connectivity index (χ4n) is 2.24. The summed E-state index contributed by atoms with van der Waals surface area (Å²) in [6, 6.07) is 3.56. The molecule has 0 aliphatic heterocycles. The van der Waals surface area contributed by atoms with Crippen LogP contribution in [0.1, 0.15) is 35.2 Å². The molecule has 130 valence electrons. The summed E-state index contributed by atoms with van der Waals surface area (Å²) in [4.78, 5) is 12.1. The highest BCUT2D eigenvalue weighted by Gasteiger charge is 2.15. The zero-order valence-electron chi connectivity index (χ0n) is 13.7. The van der Waals surface area contributed by atoms with E-state index in [0.717, 1.165) is 24.8 Å². The number of carbonyl (C=O) groups is 1. The summed E-state index contributed by atoms with van der Waals surface area (Å²) >= 11 is 11.3. The van der Waals surface area contributed by atoms with Crippen molar-refractivity contribution in [1.29, 1.82) is 0 Å². The Balaban J connectivity index is 2.81. The van der Waals surface area contributed by atoms with Crippen molar-refractivity contribution >= 4 is 29.0 Å². The van der Waals surface area contributed by atoms with Crippen molar-refractivity contribution in [3.63, 3.8) is 0 Å². The number of methoxy groups -OCH3 is 2. The molecule has 4 nitrogen and oxygen atoms in total. The van der Waals surface area contributed by atoms with Gasteiger partial charge in [0.15, 0.2) is 17.3 Å². The van der Waals surface area contributed by atoms with Crippen molar-refractivity contribution in [2.24, 2.45) is 0 Å². The van der Waals surface area contributed by atoms with Gasteiger partial charge < -0.3 is 14.2 Å². The molecule has 0 saturated carbocycles. The Morgan fingerprint density at radius 1 is 1.04 bits per heavy atom. The minimum Gasteiger partial charge on any atom is -0.493 e. The summed E-state index contributed by atoms with van der Waals surface area (Å²) in [5, 5.41) is 0.